The molecule has 1 atom stereocenters. The third-order valence-electron chi connectivity index (χ3n) is 8.55. The van der Waals surface area contributed by atoms with Crippen LogP contribution in [0.1, 0.15) is 78.1 Å². The third kappa shape index (κ3) is 5.62. The van der Waals surface area contributed by atoms with Gasteiger partial charge in [-0.05, 0) is 59.6 Å². The Morgan fingerprint density at radius 1 is 1.05 bits per heavy atom. The van der Waals surface area contributed by atoms with E-state index < -0.39 is 17.6 Å². The lowest BCUT2D eigenvalue weighted by Gasteiger charge is -2.38. The third-order valence-corrected chi connectivity index (χ3v) is 8.55. The largest absolute Gasteiger partial charge is 0.385 e. The van der Waals surface area contributed by atoms with Crippen LogP contribution in [-0.2, 0) is 28.3 Å². The van der Waals surface area contributed by atoms with Crippen molar-refractivity contribution in [2.45, 2.75) is 70.2 Å². The Bertz CT molecular complexity index is 1500. The summed E-state index contributed by atoms with van der Waals surface area (Å²) in [5, 5.41) is 17.0. The highest BCUT2D eigenvalue weighted by atomic mass is 16.3. The minimum Gasteiger partial charge on any atom is -0.385 e. The predicted octanol–water partition coefficient (Wildman–Crippen LogP) is 2.98. The number of fused-ring (bicyclic) bond motifs is 1. The molecule has 0 radical (unpaired) electrons. The number of hydrogen-bond acceptors (Lipinski definition) is 9. The average molecular weight is 570 g/mol. The molecule has 3 amide bonds. The maximum atomic E-state index is 13.0. The maximum Gasteiger partial charge on any atom is 0.255 e. The number of rotatable bonds is 7. The van der Waals surface area contributed by atoms with Gasteiger partial charge in [-0.1, -0.05) is 32.0 Å². The van der Waals surface area contributed by atoms with E-state index in [4.69, 9.17) is 0 Å². The zero-order valence-corrected chi connectivity index (χ0v) is 23.8. The van der Waals surface area contributed by atoms with Gasteiger partial charge in [0.05, 0.1) is 5.60 Å². The van der Waals surface area contributed by atoms with Gasteiger partial charge in [-0.15, -0.1) is 0 Å². The topological polar surface area (TPSA) is 141 Å². The second-order valence-electron chi connectivity index (χ2n) is 11.8. The van der Waals surface area contributed by atoms with Gasteiger partial charge in [-0.25, -0.2) is 15.0 Å². The van der Waals surface area contributed by atoms with Gasteiger partial charge in [-0.2, -0.15) is 0 Å². The summed E-state index contributed by atoms with van der Waals surface area (Å²) in [7, 11) is 0. The van der Waals surface area contributed by atoms with Crippen molar-refractivity contribution < 1.29 is 19.5 Å². The van der Waals surface area contributed by atoms with Crippen LogP contribution in [-0.4, -0.2) is 66.7 Å². The van der Waals surface area contributed by atoms with Crippen molar-refractivity contribution in [1.82, 2.24) is 30.1 Å². The molecule has 2 fully saturated rings. The first-order chi connectivity index (χ1) is 20.2. The van der Waals surface area contributed by atoms with Gasteiger partial charge in [0.2, 0.25) is 17.8 Å². The predicted molar refractivity (Wildman–Crippen MR) is 155 cm³/mol. The van der Waals surface area contributed by atoms with Crippen LogP contribution in [0.15, 0.2) is 48.9 Å². The van der Waals surface area contributed by atoms with E-state index in [2.05, 4.69) is 44.3 Å². The number of piperidine rings is 2. The first-order valence-electron chi connectivity index (χ1n) is 14.5. The fourth-order valence-corrected chi connectivity index (χ4v) is 5.90. The normalized spacial score (nSPS) is 20.5. The number of pyridine rings is 1. The van der Waals surface area contributed by atoms with Gasteiger partial charge in [0.15, 0.2) is 0 Å². The second kappa shape index (κ2) is 11.2. The number of aliphatic hydroxyl groups is 1. The number of hydrogen-bond donors (Lipinski definition) is 3. The Kier molecular flexibility index (Phi) is 7.46. The minimum atomic E-state index is -0.992. The summed E-state index contributed by atoms with van der Waals surface area (Å²) in [5.41, 5.74) is 3.31. The number of likely N-dealkylation sites (tertiary alicyclic amines) is 1. The lowest BCUT2D eigenvalue weighted by molar-refractivity contribution is -0.136. The zero-order chi connectivity index (χ0) is 29.4. The van der Waals surface area contributed by atoms with Crippen molar-refractivity contribution in [3.8, 4) is 0 Å². The van der Waals surface area contributed by atoms with E-state index in [-0.39, 0.29) is 18.2 Å². The monoisotopic (exact) mass is 569 g/mol. The minimum absolute atomic E-state index is 0.209. The van der Waals surface area contributed by atoms with E-state index in [1.807, 2.05) is 42.9 Å². The molecule has 0 bridgehead atoms. The van der Waals surface area contributed by atoms with Crippen LogP contribution in [0.5, 0.6) is 0 Å². The van der Waals surface area contributed by atoms with E-state index in [1.54, 1.807) is 6.07 Å². The highest BCUT2D eigenvalue weighted by molar-refractivity contribution is 6.05. The summed E-state index contributed by atoms with van der Waals surface area (Å²) in [6, 6.07) is 8.79. The molecule has 11 heteroatoms. The van der Waals surface area contributed by atoms with E-state index in [0.29, 0.717) is 62.1 Å². The van der Waals surface area contributed by atoms with Gasteiger partial charge in [0, 0.05) is 56.8 Å². The lowest BCUT2D eigenvalue weighted by atomic mass is 9.83. The van der Waals surface area contributed by atoms with Crippen molar-refractivity contribution in [2.24, 2.45) is 0 Å². The first kappa shape index (κ1) is 27.9. The molecule has 5 heterocycles. The number of anilines is 2. The molecule has 0 spiro atoms. The Hall–Kier alpha value is -4.22. The summed E-state index contributed by atoms with van der Waals surface area (Å²) in [6.45, 7) is 6.65. The molecule has 2 saturated heterocycles. The van der Waals surface area contributed by atoms with Crippen LogP contribution in [0.3, 0.4) is 0 Å². The van der Waals surface area contributed by atoms with Crippen LogP contribution in [0, 0.1) is 0 Å². The number of imide groups is 1. The Morgan fingerprint density at radius 2 is 1.81 bits per heavy atom. The van der Waals surface area contributed by atoms with Gasteiger partial charge >= 0.3 is 0 Å². The SMILES string of the molecule is CC(C)c1cnc(Nc2ccc(CN3CCC(O)(c4ccc5c(c4)CN(C4CCC(=O)NC4=O)C5=O)CC3)cn2)nc1. The molecule has 2 aromatic heterocycles. The molecule has 218 valence electrons. The number of carbonyl (C=O) groups excluding carboxylic acids is 3. The van der Waals surface area contributed by atoms with Crippen LogP contribution < -0.4 is 10.6 Å². The number of carbonyl (C=O) groups is 3. The van der Waals surface area contributed by atoms with Crippen molar-refractivity contribution in [1.29, 1.82) is 0 Å². The molecule has 0 aliphatic carbocycles. The van der Waals surface area contributed by atoms with Crippen molar-refractivity contribution in [2.75, 3.05) is 18.4 Å². The molecular formula is C31H35N7O4. The van der Waals surface area contributed by atoms with Gasteiger partial charge in [0.25, 0.3) is 5.91 Å². The lowest BCUT2D eigenvalue weighted by Crippen LogP contribution is -2.52. The molecule has 3 aliphatic heterocycles. The van der Waals surface area contributed by atoms with Gasteiger partial charge in [0.1, 0.15) is 11.9 Å². The van der Waals surface area contributed by atoms with E-state index in [9.17, 15) is 19.5 Å². The smallest absolute Gasteiger partial charge is 0.255 e. The highest BCUT2D eigenvalue weighted by Crippen LogP contribution is 2.36. The molecule has 11 nitrogen and oxygen atoms in total. The second-order valence-corrected chi connectivity index (χ2v) is 11.8. The Balaban J connectivity index is 1.04. The molecule has 0 saturated carbocycles. The summed E-state index contributed by atoms with van der Waals surface area (Å²) < 4.78 is 0. The van der Waals surface area contributed by atoms with Crippen molar-refractivity contribution >= 4 is 29.5 Å². The summed E-state index contributed by atoms with van der Waals surface area (Å²) in [4.78, 5) is 54.0. The molecule has 3 aliphatic rings. The molecular weight excluding hydrogens is 534 g/mol. The van der Waals surface area contributed by atoms with Gasteiger partial charge in [-0.3, -0.25) is 24.6 Å². The number of nitrogens with one attached hydrogen (secondary N) is 2. The molecule has 3 N–H and O–H groups in total. The number of amides is 3. The van der Waals surface area contributed by atoms with Crippen LogP contribution >= 0.6 is 0 Å². The molecule has 42 heavy (non-hydrogen) atoms. The van der Waals surface area contributed by atoms with Crippen LogP contribution in [0.2, 0.25) is 0 Å². The van der Waals surface area contributed by atoms with Gasteiger partial charge < -0.3 is 15.3 Å². The molecule has 3 aromatic rings. The average Bonchev–Trinajstić information content (AvgIpc) is 3.31. The molecule has 6 rings (SSSR count). The first-order valence-corrected chi connectivity index (χ1v) is 14.5. The maximum absolute atomic E-state index is 13.0. The molecule has 1 unspecified atom stereocenters. The standard InChI is InChI=1S/C31H35N7O4/c1-19(2)22-15-33-30(34-16-22)35-26-7-3-20(14-32-26)17-37-11-9-31(42,10-12-37)23-4-5-24-21(13-23)18-38(29(24)41)25-6-8-27(39)36-28(25)40/h3-5,7,13-16,19,25,42H,6,8-12,17-18H2,1-2H3,(H,36,39,40)(H,32,33,34,35). The van der Waals surface area contributed by atoms with E-state index >= 15 is 0 Å². The fourth-order valence-electron chi connectivity index (χ4n) is 5.90. The van der Waals surface area contributed by atoms with E-state index in [1.165, 1.54) is 4.90 Å². The quantitative estimate of drug-likeness (QED) is 0.366. The fraction of sp³-hybridized carbons (Fsp3) is 0.419. The zero-order valence-electron chi connectivity index (χ0n) is 23.8. The summed E-state index contributed by atoms with van der Waals surface area (Å²) >= 11 is 0. The summed E-state index contributed by atoms with van der Waals surface area (Å²) in [5.74, 6) is 0.619. The van der Waals surface area contributed by atoms with Crippen LogP contribution in [0.25, 0.3) is 0 Å². The Morgan fingerprint density at radius 3 is 2.48 bits per heavy atom. The molecule has 1 aromatic carbocycles. The van der Waals surface area contributed by atoms with E-state index in [0.717, 1.165) is 28.8 Å². The number of aromatic nitrogens is 3. The van der Waals surface area contributed by atoms with Crippen LogP contribution in [0.4, 0.5) is 11.8 Å². The summed E-state index contributed by atoms with van der Waals surface area (Å²) in [6.07, 6.45) is 7.16. The highest BCUT2D eigenvalue weighted by Gasteiger charge is 2.40. The number of nitrogens with zero attached hydrogens (tertiary/aromatic N) is 5. The van der Waals surface area contributed by atoms with Crippen molar-refractivity contribution in [3.05, 3.63) is 76.7 Å². The van der Waals surface area contributed by atoms with Crippen molar-refractivity contribution in [3.63, 3.8) is 0 Å². The Labute approximate surface area is 244 Å². The number of benzene rings is 1.